The lowest BCUT2D eigenvalue weighted by molar-refractivity contribution is 0.0199. The summed E-state index contributed by atoms with van der Waals surface area (Å²) in [5.41, 5.74) is 3.01. The summed E-state index contributed by atoms with van der Waals surface area (Å²) in [7, 11) is 0. The van der Waals surface area contributed by atoms with Crippen LogP contribution in [0, 0.1) is 5.92 Å². The molecule has 0 radical (unpaired) electrons. The third-order valence-corrected chi connectivity index (χ3v) is 2.77. The first-order valence-electron chi connectivity index (χ1n) is 6.55. The summed E-state index contributed by atoms with van der Waals surface area (Å²) in [5.74, 6) is 0.147. The van der Waals surface area contributed by atoms with Gasteiger partial charge in [0, 0.05) is 6.20 Å². The fraction of sp³-hybridized carbons (Fsp3) is 0.692. The SMILES string of the molecule is CCC(CC)n1nccc1C(=O)NOCC(C)C. The van der Waals surface area contributed by atoms with Crippen LogP contribution >= 0.6 is 0 Å². The molecular formula is C13H23N3O2. The molecule has 0 spiro atoms. The molecule has 0 aromatic carbocycles. The van der Waals surface area contributed by atoms with Crippen LogP contribution in [0.2, 0.25) is 0 Å². The Morgan fingerprint density at radius 3 is 2.67 bits per heavy atom. The summed E-state index contributed by atoms with van der Waals surface area (Å²) >= 11 is 0. The van der Waals surface area contributed by atoms with Crippen LogP contribution in [0.5, 0.6) is 0 Å². The maximum atomic E-state index is 11.9. The van der Waals surface area contributed by atoms with Gasteiger partial charge in [0.1, 0.15) is 5.69 Å². The van der Waals surface area contributed by atoms with Gasteiger partial charge in [0.05, 0.1) is 12.6 Å². The van der Waals surface area contributed by atoms with Crippen LogP contribution in [0.3, 0.4) is 0 Å². The number of amides is 1. The van der Waals surface area contributed by atoms with Gasteiger partial charge in [-0.05, 0) is 24.8 Å². The molecule has 0 aliphatic rings. The summed E-state index contributed by atoms with van der Waals surface area (Å²) in [5, 5.41) is 4.22. The topological polar surface area (TPSA) is 56.2 Å². The standard InChI is InChI=1S/C13H23N3O2/c1-5-11(6-2)16-12(7-8-14-16)13(17)15-18-9-10(3)4/h7-8,10-11H,5-6,9H2,1-4H3,(H,15,17). The molecule has 0 atom stereocenters. The molecule has 0 saturated heterocycles. The van der Waals surface area contributed by atoms with Crippen molar-refractivity contribution in [1.82, 2.24) is 15.3 Å². The second-order valence-corrected chi connectivity index (χ2v) is 4.77. The third kappa shape index (κ3) is 3.84. The van der Waals surface area contributed by atoms with Crippen LogP contribution in [0.1, 0.15) is 57.1 Å². The van der Waals surface area contributed by atoms with Gasteiger partial charge in [-0.3, -0.25) is 14.3 Å². The number of carbonyl (C=O) groups is 1. The van der Waals surface area contributed by atoms with E-state index in [-0.39, 0.29) is 11.9 Å². The van der Waals surface area contributed by atoms with Crippen molar-refractivity contribution in [3.63, 3.8) is 0 Å². The molecule has 0 unspecified atom stereocenters. The molecule has 102 valence electrons. The molecule has 18 heavy (non-hydrogen) atoms. The van der Waals surface area contributed by atoms with Gasteiger partial charge < -0.3 is 0 Å². The van der Waals surface area contributed by atoms with Crippen LogP contribution in [-0.4, -0.2) is 22.3 Å². The van der Waals surface area contributed by atoms with Gasteiger partial charge >= 0.3 is 0 Å². The number of nitrogens with one attached hydrogen (secondary N) is 1. The fourth-order valence-electron chi connectivity index (χ4n) is 1.75. The van der Waals surface area contributed by atoms with E-state index in [9.17, 15) is 4.79 Å². The highest BCUT2D eigenvalue weighted by Gasteiger charge is 2.17. The molecule has 1 N–H and O–H groups in total. The van der Waals surface area contributed by atoms with E-state index in [4.69, 9.17) is 4.84 Å². The van der Waals surface area contributed by atoms with E-state index < -0.39 is 0 Å². The fourth-order valence-corrected chi connectivity index (χ4v) is 1.75. The molecule has 0 saturated carbocycles. The summed E-state index contributed by atoms with van der Waals surface area (Å²) in [6.45, 7) is 8.74. The molecule has 1 rings (SSSR count). The van der Waals surface area contributed by atoms with Crippen LogP contribution < -0.4 is 5.48 Å². The van der Waals surface area contributed by atoms with Crippen molar-refractivity contribution in [2.45, 2.75) is 46.6 Å². The van der Waals surface area contributed by atoms with E-state index in [1.807, 2.05) is 13.8 Å². The Kier molecular flexibility index (Phi) is 5.85. The van der Waals surface area contributed by atoms with Crippen LogP contribution in [0.15, 0.2) is 12.3 Å². The normalized spacial score (nSPS) is 11.2. The molecule has 1 aromatic heterocycles. The Morgan fingerprint density at radius 1 is 1.44 bits per heavy atom. The molecule has 5 heteroatoms. The molecule has 0 aliphatic heterocycles. The van der Waals surface area contributed by atoms with Gasteiger partial charge in [-0.2, -0.15) is 5.10 Å². The van der Waals surface area contributed by atoms with Gasteiger partial charge in [0.15, 0.2) is 0 Å². The lowest BCUT2D eigenvalue weighted by Gasteiger charge is -2.16. The van der Waals surface area contributed by atoms with Gasteiger partial charge in [-0.1, -0.05) is 27.7 Å². The minimum Gasteiger partial charge on any atom is -0.273 e. The average Bonchev–Trinajstić information content (AvgIpc) is 2.79. The zero-order valence-corrected chi connectivity index (χ0v) is 11.6. The monoisotopic (exact) mass is 253 g/mol. The van der Waals surface area contributed by atoms with Gasteiger partial charge in [0.2, 0.25) is 0 Å². The molecular weight excluding hydrogens is 230 g/mol. The number of aromatic nitrogens is 2. The van der Waals surface area contributed by atoms with Gasteiger partial charge in [-0.15, -0.1) is 0 Å². The molecule has 0 bridgehead atoms. The van der Waals surface area contributed by atoms with Crippen molar-refractivity contribution >= 4 is 5.91 Å². The molecule has 0 fully saturated rings. The van der Waals surface area contributed by atoms with E-state index in [2.05, 4.69) is 24.4 Å². The smallest absolute Gasteiger partial charge is 0.273 e. The number of nitrogens with zero attached hydrogens (tertiary/aromatic N) is 2. The lowest BCUT2D eigenvalue weighted by Crippen LogP contribution is -2.29. The second kappa shape index (κ2) is 7.16. The summed E-state index contributed by atoms with van der Waals surface area (Å²) in [6, 6.07) is 1.97. The molecule has 1 amide bonds. The maximum absolute atomic E-state index is 11.9. The molecule has 1 heterocycles. The zero-order chi connectivity index (χ0) is 13.5. The average molecular weight is 253 g/mol. The van der Waals surface area contributed by atoms with Crippen molar-refractivity contribution in [2.24, 2.45) is 5.92 Å². The largest absolute Gasteiger partial charge is 0.293 e. The van der Waals surface area contributed by atoms with E-state index in [0.717, 1.165) is 12.8 Å². The third-order valence-electron chi connectivity index (χ3n) is 2.77. The van der Waals surface area contributed by atoms with Crippen molar-refractivity contribution in [1.29, 1.82) is 0 Å². The van der Waals surface area contributed by atoms with E-state index in [1.54, 1.807) is 16.9 Å². The van der Waals surface area contributed by atoms with Crippen molar-refractivity contribution in [3.05, 3.63) is 18.0 Å². The highest BCUT2D eigenvalue weighted by molar-refractivity contribution is 5.91. The van der Waals surface area contributed by atoms with Crippen LogP contribution in [0.4, 0.5) is 0 Å². The Labute approximate surface area is 108 Å². The summed E-state index contributed by atoms with van der Waals surface area (Å²) < 4.78 is 1.77. The highest BCUT2D eigenvalue weighted by atomic mass is 16.6. The minimum atomic E-state index is -0.236. The minimum absolute atomic E-state index is 0.236. The zero-order valence-electron chi connectivity index (χ0n) is 11.6. The van der Waals surface area contributed by atoms with Crippen molar-refractivity contribution < 1.29 is 9.63 Å². The number of hydroxylamine groups is 1. The maximum Gasteiger partial charge on any atom is 0.293 e. The number of hydrogen-bond donors (Lipinski definition) is 1. The Hall–Kier alpha value is -1.36. The van der Waals surface area contributed by atoms with Crippen molar-refractivity contribution in [3.8, 4) is 0 Å². The first-order chi connectivity index (χ1) is 8.60. The predicted octanol–water partition coefficient (Wildman–Crippen LogP) is 2.56. The second-order valence-electron chi connectivity index (χ2n) is 4.77. The lowest BCUT2D eigenvalue weighted by atomic mass is 10.2. The van der Waals surface area contributed by atoms with Crippen LogP contribution in [0.25, 0.3) is 0 Å². The molecule has 5 nitrogen and oxygen atoms in total. The van der Waals surface area contributed by atoms with E-state index in [0.29, 0.717) is 18.2 Å². The molecule has 1 aromatic rings. The first kappa shape index (κ1) is 14.7. The van der Waals surface area contributed by atoms with Crippen molar-refractivity contribution in [2.75, 3.05) is 6.61 Å². The Balaban J connectivity index is 2.65. The Morgan fingerprint density at radius 2 is 2.11 bits per heavy atom. The summed E-state index contributed by atoms with van der Waals surface area (Å²) in [6.07, 6.45) is 3.55. The first-order valence-corrected chi connectivity index (χ1v) is 6.55. The quantitative estimate of drug-likeness (QED) is 0.760. The number of hydrogen-bond acceptors (Lipinski definition) is 3. The van der Waals surface area contributed by atoms with Crippen LogP contribution in [-0.2, 0) is 4.84 Å². The highest BCUT2D eigenvalue weighted by Crippen LogP contribution is 2.16. The number of rotatable bonds is 7. The summed E-state index contributed by atoms with van der Waals surface area (Å²) in [4.78, 5) is 17.1. The number of carbonyl (C=O) groups excluding carboxylic acids is 1. The molecule has 0 aliphatic carbocycles. The van der Waals surface area contributed by atoms with E-state index >= 15 is 0 Å². The van der Waals surface area contributed by atoms with Gasteiger partial charge in [-0.25, -0.2) is 5.48 Å². The van der Waals surface area contributed by atoms with E-state index in [1.165, 1.54) is 0 Å². The predicted molar refractivity (Wildman–Crippen MR) is 70.1 cm³/mol. The van der Waals surface area contributed by atoms with Gasteiger partial charge in [0.25, 0.3) is 5.91 Å². The Bertz CT molecular complexity index is 370.